The summed E-state index contributed by atoms with van der Waals surface area (Å²) in [7, 11) is -3.60. The van der Waals surface area contributed by atoms with Crippen molar-refractivity contribution < 1.29 is 13.2 Å². The van der Waals surface area contributed by atoms with E-state index >= 15 is 0 Å². The number of hydrogen-bond acceptors (Lipinski definition) is 3. The molecule has 0 saturated carbocycles. The number of aryl methyl sites for hydroxylation is 1. The molecule has 2 rings (SSSR count). The molecule has 0 aliphatic heterocycles. The number of benzene rings is 2. The van der Waals surface area contributed by atoms with Crippen LogP contribution in [0, 0.1) is 6.92 Å². The van der Waals surface area contributed by atoms with Crippen molar-refractivity contribution in [1.29, 1.82) is 0 Å². The predicted molar refractivity (Wildman–Crippen MR) is 96.0 cm³/mol. The van der Waals surface area contributed by atoms with Gasteiger partial charge in [0.05, 0.1) is 4.90 Å². The van der Waals surface area contributed by atoms with Crippen molar-refractivity contribution in [2.75, 3.05) is 11.9 Å². The molecule has 2 N–H and O–H groups in total. The Hall–Kier alpha value is -2.15. The Kier molecular flexibility index (Phi) is 5.77. The lowest BCUT2D eigenvalue weighted by molar-refractivity contribution is 0.102. The van der Waals surface area contributed by atoms with E-state index in [9.17, 15) is 13.2 Å². The van der Waals surface area contributed by atoms with E-state index in [0.717, 1.165) is 0 Å². The summed E-state index contributed by atoms with van der Waals surface area (Å²) in [5.74, 6) is -0.296. The molecular formula is C17H17ClN2O3S. The van der Waals surface area contributed by atoms with Crippen LogP contribution in [0.2, 0.25) is 5.02 Å². The van der Waals surface area contributed by atoms with E-state index in [2.05, 4.69) is 16.6 Å². The molecule has 2 aromatic carbocycles. The lowest BCUT2D eigenvalue weighted by Gasteiger charge is -2.11. The summed E-state index contributed by atoms with van der Waals surface area (Å²) >= 11 is 5.80. The molecule has 2 aromatic rings. The molecule has 0 fully saturated rings. The first-order valence-corrected chi connectivity index (χ1v) is 8.98. The van der Waals surface area contributed by atoms with E-state index in [1.807, 2.05) is 0 Å². The molecule has 0 saturated heterocycles. The second-order valence-corrected chi connectivity index (χ2v) is 7.28. The van der Waals surface area contributed by atoms with Crippen LogP contribution < -0.4 is 10.0 Å². The van der Waals surface area contributed by atoms with Crippen molar-refractivity contribution in [3.05, 3.63) is 71.3 Å². The van der Waals surface area contributed by atoms with Gasteiger partial charge in [0.15, 0.2) is 0 Å². The molecule has 24 heavy (non-hydrogen) atoms. The summed E-state index contributed by atoms with van der Waals surface area (Å²) in [5.41, 5.74) is 1.64. The van der Waals surface area contributed by atoms with Crippen molar-refractivity contribution in [3.63, 3.8) is 0 Å². The topological polar surface area (TPSA) is 75.3 Å². The van der Waals surface area contributed by atoms with Gasteiger partial charge >= 0.3 is 0 Å². The molecule has 0 bridgehead atoms. The fourth-order valence-electron chi connectivity index (χ4n) is 1.99. The second-order valence-electron chi connectivity index (χ2n) is 5.08. The highest BCUT2D eigenvalue weighted by Crippen LogP contribution is 2.20. The van der Waals surface area contributed by atoms with Crippen molar-refractivity contribution in [2.24, 2.45) is 0 Å². The number of rotatable bonds is 6. The van der Waals surface area contributed by atoms with Gasteiger partial charge in [-0.2, -0.15) is 0 Å². The lowest BCUT2D eigenvalue weighted by Crippen LogP contribution is -2.23. The second kappa shape index (κ2) is 7.61. The van der Waals surface area contributed by atoms with Gasteiger partial charge < -0.3 is 5.32 Å². The fourth-order valence-corrected chi connectivity index (χ4v) is 3.20. The van der Waals surface area contributed by atoms with Crippen molar-refractivity contribution >= 4 is 33.2 Å². The molecule has 0 aromatic heterocycles. The van der Waals surface area contributed by atoms with Crippen LogP contribution in [0.3, 0.4) is 0 Å². The summed E-state index contributed by atoms with van der Waals surface area (Å²) in [5, 5.41) is 3.30. The monoisotopic (exact) mass is 364 g/mol. The molecule has 7 heteroatoms. The first-order chi connectivity index (χ1) is 11.3. The minimum Gasteiger partial charge on any atom is -0.322 e. The maximum atomic E-state index is 12.2. The van der Waals surface area contributed by atoms with Gasteiger partial charge in [-0.15, -0.1) is 6.58 Å². The van der Waals surface area contributed by atoms with Gasteiger partial charge in [-0.1, -0.05) is 17.7 Å². The third-order valence-corrected chi connectivity index (χ3v) is 4.95. The summed E-state index contributed by atoms with van der Waals surface area (Å²) in [4.78, 5) is 12.3. The lowest BCUT2D eigenvalue weighted by atomic mass is 10.1. The Morgan fingerprint density at radius 2 is 1.88 bits per heavy atom. The standard InChI is InChI=1S/C17H17ClN2O3S/c1-3-10-19-24(22,23)15-8-9-16(12(2)11-15)20-17(21)13-4-6-14(18)7-5-13/h3-9,11,19H,1,10H2,2H3,(H,20,21). The SMILES string of the molecule is C=CCNS(=O)(=O)c1ccc(NC(=O)c2ccc(Cl)cc2)c(C)c1. The van der Waals surface area contributed by atoms with E-state index in [1.165, 1.54) is 18.2 Å². The number of amides is 1. The largest absolute Gasteiger partial charge is 0.322 e. The molecule has 0 radical (unpaired) electrons. The fraction of sp³-hybridized carbons (Fsp3) is 0.118. The average Bonchev–Trinajstić information content (AvgIpc) is 2.55. The Bertz CT molecular complexity index is 862. The molecule has 1 amide bonds. The number of halogens is 1. The molecule has 0 aliphatic rings. The van der Waals surface area contributed by atoms with Crippen LogP contribution in [0.15, 0.2) is 60.0 Å². The van der Waals surface area contributed by atoms with Crippen LogP contribution in [0.25, 0.3) is 0 Å². The molecule has 5 nitrogen and oxygen atoms in total. The van der Waals surface area contributed by atoms with E-state index in [1.54, 1.807) is 37.3 Å². The Labute approximate surface area is 146 Å². The van der Waals surface area contributed by atoms with Crippen molar-refractivity contribution in [1.82, 2.24) is 4.72 Å². The normalized spacial score (nSPS) is 11.1. The smallest absolute Gasteiger partial charge is 0.255 e. The average molecular weight is 365 g/mol. The number of sulfonamides is 1. The highest BCUT2D eigenvalue weighted by Gasteiger charge is 2.15. The van der Waals surface area contributed by atoms with Gasteiger partial charge in [-0.05, 0) is 55.0 Å². The van der Waals surface area contributed by atoms with Gasteiger partial charge in [-0.25, -0.2) is 13.1 Å². The van der Waals surface area contributed by atoms with Gasteiger partial charge in [0.25, 0.3) is 5.91 Å². The third-order valence-electron chi connectivity index (χ3n) is 3.28. The quantitative estimate of drug-likeness (QED) is 0.772. The number of anilines is 1. The zero-order chi connectivity index (χ0) is 17.7. The van der Waals surface area contributed by atoms with Gasteiger partial charge in [-0.3, -0.25) is 4.79 Å². The maximum Gasteiger partial charge on any atom is 0.255 e. The first-order valence-electron chi connectivity index (χ1n) is 7.11. The van der Waals surface area contributed by atoms with Crippen molar-refractivity contribution in [2.45, 2.75) is 11.8 Å². The zero-order valence-electron chi connectivity index (χ0n) is 13.0. The molecule has 0 unspecified atom stereocenters. The van der Waals surface area contributed by atoms with Crippen LogP contribution in [-0.4, -0.2) is 20.9 Å². The predicted octanol–water partition coefficient (Wildman–Crippen LogP) is 3.37. The summed E-state index contributed by atoms with van der Waals surface area (Å²) in [6.45, 7) is 5.35. The number of carbonyl (C=O) groups excluding carboxylic acids is 1. The van der Waals surface area contributed by atoms with Crippen LogP contribution in [0.1, 0.15) is 15.9 Å². The summed E-state index contributed by atoms with van der Waals surface area (Å²) < 4.78 is 26.5. The minimum absolute atomic E-state index is 0.131. The van der Waals surface area contributed by atoms with Crippen LogP contribution >= 0.6 is 11.6 Å². The van der Waals surface area contributed by atoms with Gasteiger partial charge in [0.2, 0.25) is 10.0 Å². The summed E-state index contributed by atoms with van der Waals surface area (Å²) in [6.07, 6.45) is 1.46. The Morgan fingerprint density at radius 3 is 2.46 bits per heavy atom. The number of nitrogens with one attached hydrogen (secondary N) is 2. The van der Waals surface area contributed by atoms with Crippen LogP contribution in [0.4, 0.5) is 5.69 Å². The number of hydrogen-bond donors (Lipinski definition) is 2. The van der Waals surface area contributed by atoms with E-state index in [4.69, 9.17) is 11.6 Å². The summed E-state index contributed by atoms with van der Waals surface area (Å²) in [6, 6.07) is 11.0. The van der Waals surface area contributed by atoms with E-state index in [0.29, 0.717) is 21.8 Å². The maximum absolute atomic E-state index is 12.2. The van der Waals surface area contributed by atoms with Crippen molar-refractivity contribution in [3.8, 4) is 0 Å². The molecule has 126 valence electrons. The number of carbonyl (C=O) groups is 1. The van der Waals surface area contributed by atoms with Crippen LogP contribution in [-0.2, 0) is 10.0 Å². The van der Waals surface area contributed by atoms with Gasteiger partial charge in [0, 0.05) is 22.8 Å². The Balaban J connectivity index is 2.19. The molecule has 0 heterocycles. The molecule has 0 aliphatic carbocycles. The highest BCUT2D eigenvalue weighted by molar-refractivity contribution is 7.89. The highest BCUT2D eigenvalue weighted by atomic mass is 35.5. The Morgan fingerprint density at radius 1 is 1.21 bits per heavy atom. The molecule has 0 atom stereocenters. The zero-order valence-corrected chi connectivity index (χ0v) is 14.6. The van der Waals surface area contributed by atoms with E-state index in [-0.39, 0.29) is 17.3 Å². The van der Waals surface area contributed by atoms with Gasteiger partial charge in [0.1, 0.15) is 0 Å². The minimum atomic E-state index is -3.60. The molecule has 0 spiro atoms. The van der Waals surface area contributed by atoms with E-state index < -0.39 is 10.0 Å². The van der Waals surface area contributed by atoms with Crippen LogP contribution in [0.5, 0.6) is 0 Å². The third kappa shape index (κ3) is 4.44. The first kappa shape index (κ1) is 18.2. The molecular weight excluding hydrogens is 348 g/mol.